The summed E-state index contributed by atoms with van der Waals surface area (Å²) in [4.78, 5) is 7.26. The summed E-state index contributed by atoms with van der Waals surface area (Å²) in [5.41, 5.74) is 4.79. The van der Waals surface area contributed by atoms with Crippen LogP contribution in [-0.4, -0.2) is 55.1 Å². The molecule has 1 aliphatic heterocycles. The van der Waals surface area contributed by atoms with Gasteiger partial charge in [-0.25, -0.2) is 0 Å². The molecule has 8 heteroatoms. The highest BCUT2D eigenvalue weighted by Crippen LogP contribution is 2.59. The minimum absolute atomic E-state index is 0. The lowest BCUT2D eigenvalue weighted by atomic mass is 9.95. The van der Waals surface area contributed by atoms with Crippen molar-refractivity contribution in [3.8, 4) is 17.1 Å². The van der Waals surface area contributed by atoms with Crippen LogP contribution in [0.25, 0.3) is 22.3 Å². The van der Waals surface area contributed by atoms with Gasteiger partial charge in [-0.1, -0.05) is 42.1 Å². The minimum atomic E-state index is 0. The molecule has 6 nitrogen and oxygen atoms in total. The lowest BCUT2D eigenvalue weighted by Gasteiger charge is -2.21. The molecule has 4 aromatic rings. The maximum Gasteiger partial charge on any atom is 0.191 e. The molecule has 1 saturated heterocycles. The van der Waals surface area contributed by atoms with Crippen molar-refractivity contribution in [1.29, 1.82) is 0 Å². The van der Waals surface area contributed by atoms with Crippen LogP contribution in [0.1, 0.15) is 24.1 Å². The van der Waals surface area contributed by atoms with Crippen LogP contribution >= 0.6 is 24.2 Å². The lowest BCUT2D eigenvalue weighted by Crippen LogP contribution is -2.27. The maximum absolute atomic E-state index is 9.60. The van der Waals surface area contributed by atoms with E-state index in [1.165, 1.54) is 18.5 Å². The van der Waals surface area contributed by atoms with E-state index in [-0.39, 0.29) is 12.4 Å². The molecular formula is C27H30ClN5OS. The summed E-state index contributed by atoms with van der Waals surface area (Å²) in [6, 6.07) is 18.2. The van der Waals surface area contributed by atoms with Gasteiger partial charge in [-0.3, -0.25) is 4.98 Å². The van der Waals surface area contributed by atoms with Gasteiger partial charge in [-0.05, 0) is 62.1 Å². The van der Waals surface area contributed by atoms with E-state index in [1.54, 1.807) is 11.8 Å². The smallest absolute Gasteiger partial charge is 0.191 e. The number of nitrogens with zero attached hydrogens (tertiary/aromatic N) is 5. The van der Waals surface area contributed by atoms with Crippen LogP contribution in [0.4, 0.5) is 0 Å². The number of aryl methyl sites for hydroxylation is 1. The number of likely N-dealkylation sites (tertiary alicyclic amines) is 1. The predicted octanol–water partition coefficient (Wildman–Crippen LogP) is 5.22. The summed E-state index contributed by atoms with van der Waals surface area (Å²) >= 11 is 1.78. The zero-order valence-corrected chi connectivity index (χ0v) is 21.6. The van der Waals surface area contributed by atoms with Crippen molar-refractivity contribution in [1.82, 2.24) is 24.6 Å². The van der Waals surface area contributed by atoms with Crippen LogP contribution < -0.4 is 0 Å². The number of phenolic OH excluding ortho intramolecular Hbond substituents is 1. The summed E-state index contributed by atoms with van der Waals surface area (Å²) < 4.78 is 2.10. The van der Waals surface area contributed by atoms with Crippen molar-refractivity contribution in [2.45, 2.75) is 30.3 Å². The fourth-order valence-electron chi connectivity index (χ4n) is 5.58. The Kier molecular flexibility index (Phi) is 6.51. The summed E-state index contributed by atoms with van der Waals surface area (Å²) in [6.07, 6.45) is 2.41. The molecule has 1 unspecified atom stereocenters. The van der Waals surface area contributed by atoms with Gasteiger partial charge in [0.1, 0.15) is 5.75 Å². The first-order valence-electron chi connectivity index (χ1n) is 11.9. The van der Waals surface area contributed by atoms with Gasteiger partial charge in [-0.2, -0.15) is 0 Å². The van der Waals surface area contributed by atoms with Gasteiger partial charge in [0, 0.05) is 47.9 Å². The number of aromatic nitrogens is 4. The van der Waals surface area contributed by atoms with Gasteiger partial charge in [0.15, 0.2) is 11.0 Å². The van der Waals surface area contributed by atoms with Gasteiger partial charge in [0.2, 0.25) is 0 Å². The summed E-state index contributed by atoms with van der Waals surface area (Å²) in [5, 5.41) is 20.7. The second-order valence-corrected chi connectivity index (χ2v) is 10.8. The molecule has 1 aliphatic carbocycles. The number of hydrogen-bond donors (Lipinski definition) is 1. The highest BCUT2D eigenvalue weighted by Gasteiger charge is 2.60. The van der Waals surface area contributed by atoms with Crippen molar-refractivity contribution in [2.24, 2.45) is 13.0 Å². The number of hydrogen-bond acceptors (Lipinski definition) is 6. The summed E-state index contributed by atoms with van der Waals surface area (Å²) in [5.74, 6) is 3.03. The number of benzene rings is 2. The van der Waals surface area contributed by atoms with E-state index in [4.69, 9.17) is 0 Å². The number of rotatable bonds is 7. The summed E-state index contributed by atoms with van der Waals surface area (Å²) in [6.45, 7) is 5.45. The van der Waals surface area contributed by atoms with Crippen molar-refractivity contribution in [3.63, 3.8) is 0 Å². The normalized spacial score (nSPS) is 21.1. The molecule has 6 rings (SSSR count). The Morgan fingerprint density at radius 3 is 2.74 bits per heavy atom. The Bertz CT molecular complexity index is 1360. The SMILES string of the molecule is Cc1ccc2c(-c3nnc(SCCCN4C[C@H]5CC5(c5ccc(O)cc5)C4)n3C)cccc2n1.Cl. The number of thioether (sulfide) groups is 1. The number of piperidine rings is 1. The Labute approximate surface area is 216 Å². The van der Waals surface area contributed by atoms with Crippen LogP contribution in [-0.2, 0) is 12.5 Å². The molecule has 2 fully saturated rings. The number of pyridine rings is 1. The minimum Gasteiger partial charge on any atom is -0.508 e. The van der Waals surface area contributed by atoms with Gasteiger partial charge in [0.05, 0.1) is 5.52 Å². The third-order valence-electron chi connectivity index (χ3n) is 7.46. The maximum atomic E-state index is 9.60. The Balaban J connectivity index is 0.00000253. The van der Waals surface area contributed by atoms with Crippen molar-refractivity contribution < 1.29 is 5.11 Å². The van der Waals surface area contributed by atoms with Gasteiger partial charge in [0.25, 0.3) is 0 Å². The molecule has 1 saturated carbocycles. The van der Waals surface area contributed by atoms with Crippen LogP contribution in [0.3, 0.4) is 0 Å². The Morgan fingerprint density at radius 2 is 1.91 bits per heavy atom. The van der Waals surface area contributed by atoms with Gasteiger partial charge < -0.3 is 14.6 Å². The van der Waals surface area contributed by atoms with E-state index in [0.717, 1.165) is 64.3 Å². The molecule has 0 bridgehead atoms. The molecule has 182 valence electrons. The summed E-state index contributed by atoms with van der Waals surface area (Å²) in [7, 11) is 2.05. The first-order valence-corrected chi connectivity index (χ1v) is 12.9. The largest absolute Gasteiger partial charge is 0.508 e. The number of halogens is 1. The van der Waals surface area contributed by atoms with E-state index >= 15 is 0 Å². The average Bonchev–Trinajstić information content (AvgIpc) is 3.21. The van der Waals surface area contributed by atoms with Crippen LogP contribution in [0, 0.1) is 12.8 Å². The van der Waals surface area contributed by atoms with Crippen molar-refractivity contribution in [3.05, 3.63) is 65.9 Å². The van der Waals surface area contributed by atoms with Gasteiger partial charge in [-0.15, -0.1) is 22.6 Å². The highest BCUT2D eigenvalue weighted by molar-refractivity contribution is 7.99. The van der Waals surface area contributed by atoms with Gasteiger partial charge >= 0.3 is 0 Å². The van der Waals surface area contributed by atoms with E-state index in [9.17, 15) is 5.11 Å². The van der Waals surface area contributed by atoms with Crippen LogP contribution in [0.2, 0.25) is 0 Å². The number of fused-ring (bicyclic) bond motifs is 2. The third kappa shape index (κ3) is 4.41. The van der Waals surface area contributed by atoms with E-state index in [2.05, 4.69) is 48.9 Å². The molecule has 0 spiro atoms. The van der Waals surface area contributed by atoms with Crippen LogP contribution in [0.15, 0.2) is 59.8 Å². The standard InChI is InChI=1S/C27H29N5OS.ClH/c1-18-7-12-22-23(5-3-6-24(22)28-18)25-29-30-26(31(25)2)34-14-4-13-32-16-20-15-27(20,17-32)19-8-10-21(33)11-9-19;/h3,5-12,20,33H,4,13-17H2,1-2H3;1H/t20-,27?;/m1./s1. The molecule has 0 amide bonds. The Morgan fingerprint density at radius 1 is 1.09 bits per heavy atom. The zero-order chi connectivity index (χ0) is 23.3. The fourth-order valence-corrected chi connectivity index (χ4v) is 6.41. The first-order chi connectivity index (χ1) is 16.5. The van der Waals surface area contributed by atoms with Crippen LogP contribution in [0.5, 0.6) is 5.75 Å². The first kappa shape index (κ1) is 24.1. The second-order valence-electron chi connectivity index (χ2n) is 9.73. The second kappa shape index (κ2) is 9.45. The average molecular weight is 508 g/mol. The van der Waals surface area contributed by atoms with Crippen molar-refractivity contribution in [2.75, 3.05) is 25.4 Å². The predicted molar refractivity (Wildman–Crippen MR) is 143 cm³/mol. The highest BCUT2D eigenvalue weighted by atomic mass is 35.5. The molecular weight excluding hydrogens is 478 g/mol. The van der Waals surface area contributed by atoms with E-state index in [1.807, 2.05) is 44.3 Å². The molecule has 2 aliphatic rings. The topological polar surface area (TPSA) is 67.1 Å². The van der Waals surface area contributed by atoms with E-state index in [0.29, 0.717) is 11.2 Å². The molecule has 2 aromatic carbocycles. The Hall–Kier alpha value is -2.61. The molecule has 2 atom stereocenters. The zero-order valence-electron chi connectivity index (χ0n) is 20.0. The lowest BCUT2D eigenvalue weighted by molar-refractivity contribution is 0.299. The molecule has 0 radical (unpaired) electrons. The fraction of sp³-hybridized carbons (Fsp3) is 0.370. The molecule has 2 aromatic heterocycles. The van der Waals surface area contributed by atoms with Crippen molar-refractivity contribution >= 4 is 35.1 Å². The third-order valence-corrected chi connectivity index (χ3v) is 8.56. The number of aromatic hydroxyl groups is 1. The molecule has 35 heavy (non-hydrogen) atoms. The monoisotopic (exact) mass is 507 g/mol. The molecule has 3 heterocycles. The molecule has 1 N–H and O–H groups in total. The van der Waals surface area contributed by atoms with E-state index < -0.39 is 0 Å². The quantitative estimate of drug-likeness (QED) is 0.273. The number of phenols is 1.